The van der Waals surface area contributed by atoms with Gasteiger partial charge >= 0.3 is 12.0 Å². The number of urea groups is 1. The molecule has 1 saturated heterocycles. The molecule has 2 rings (SSSR count). The fraction of sp³-hybridized carbons (Fsp3) is 0.500. The van der Waals surface area contributed by atoms with Crippen molar-refractivity contribution in [3.63, 3.8) is 0 Å². The van der Waals surface area contributed by atoms with Crippen molar-refractivity contribution in [3.05, 3.63) is 29.8 Å². The average molecular weight is 389 g/mol. The maximum absolute atomic E-state index is 12.5. The molecule has 1 aliphatic heterocycles. The molecule has 1 fully saturated rings. The fourth-order valence-corrected chi connectivity index (χ4v) is 2.89. The Morgan fingerprint density at radius 2 is 1.89 bits per heavy atom. The molecule has 1 aromatic rings. The number of esters is 1. The van der Waals surface area contributed by atoms with Crippen LogP contribution >= 0.6 is 0 Å². The van der Waals surface area contributed by atoms with E-state index in [0.29, 0.717) is 12.1 Å². The minimum Gasteiger partial charge on any atom is -0.451 e. The van der Waals surface area contributed by atoms with Gasteiger partial charge in [0.05, 0.1) is 0 Å². The van der Waals surface area contributed by atoms with E-state index in [9.17, 15) is 19.2 Å². The summed E-state index contributed by atoms with van der Waals surface area (Å²) >= 11 is 0. The van der Waals surface area contributed by atoms with E-state index >= 15 is 0 Å². The highest BCUT2D eigenvalue weighted by atomic mass is 16.5. The summed E-state index contributed by atoms with van der Waals surface area (Å²) < 4.78 is 5.09. The molecule has 0 bridgehead atoms. The van der Waals surface area contributed by atoms with E-state index in [-0.39, 0.29) is 0 Å². The number of ether oxygens (including phenoxy) is 1. The predicted octanol–water partition coefficient (Wildman–Crippen LogP) is 2.37. The van der Waals surface area contributed by atoms with Gasteiger partial charge in [-0.15, -0.1) is 0 Å². The lowest BCUT2D eigenvalue weighted by atomic mass is 9.95. The summed E-state index contributed by atoms with van der Waals surface area (Å²) in [6, 6.07) is 6.55. The third kappa shape index (κ3) is 5.09. The van der Waals surface area contributed by atoms with Gasteiger partial charge in [-0.2, -0.15) is 0 Å². The Morgan fingerprint density at radius 3 is 2.50 bits per heavy atom. The van der Waals surface area contributed by atoms with Crippen molar-refractivity contribution in [2.75, 3.05) is 11.9 Å². The molecule has 2 atom stereocenters. The first-order chi connectivity index (χ1) is 13.2. The van der Waals surface area contributed by atoms with Crippen LogP contribution in [0.2, 0.25) is 0 Å². The van der Waals surface area contributed by atoms with E-state index in [1.54, 1.807) is 19.1 Å². The Morgan fingerprint density at radius 1 is 1.25 bits per heavy atom. The van der Waals surface area contributed by atoms with Crippen molar-refractivity contribution in [1.29, 1.82) is 0 Å². The third-order valence-electron chi connectivity index (χ3n) is 4.66. The summed E-state index contributed by atoms with van der Waals surface area (Å²) in [6.07, 6.45) is 1.08. The molecule has 152 valence electrons. The number of nitrogens with zero attached hydrogens (tertiary/aromatic N) is 1. The zero-order valence-electron chi connectivity index (χ0n) is 16.7. The Kier molecular flexibility index (Phi) is 6.77. The fourth-order valence-electron chi connectivity index (χ4n) is 2.89. The van der Waals surface area contributed by atoms with Crippen molar-refractivity contribution < 1.29 is 23.9 Å². The summed E-state index contributed by atoms with van der Waals surface area (Å²) in [5, 5.41) is 5.28. The number of nitrogens with one attached hydrogen (secondary N) is 2. The van der Waals surface area contributed by atoms with Gasteiger partial charge in [-0.3, -0.25) is 19.3 Å². The molecule has 0 saturated carbocycles. The third-order valence-corrected chi connectivity index (χ3v) is 4.66. The molecule has 0 aliphatic carbocycles. The summed E-state index contributed by atoms with van der Waals surface area (Å²) in [5.74, 6) is -1.78. The van der Waals surface area contributed by atoms with Crippen LogP contribution in [0.3, 0.4) is 0 Å². The van der Waals surface area contributed by atoms with Gasteiger partial charge in [0.1, 0.15) is 12.1 Å². The number of hydrogen-bond acceptors (Lipinski definition) is 5. The summed E-state index contributed by atoms with van der Waals surface area (Å²) in [7, 11) is 0. The van der Waals surface area contributed by atoms with E-state index in [4.69, 9.17) is 4.74 Å². The minimum atomic E-state index is -1.07. The van der Waals surface area contributed by atoms with Crippen LogP contribution in [0.15, 0.2) is 24.3 Å². The highest BCUT2D eigenvalue weighted by Gasteiger charge is 2.48. The van der Waals surface area contributed by atoms with E-state index in [1.165, 1.54) is 6.92 Å². The van der Waals surface area contributed by atoms with Crippen molar-refractivity contribution in [2.24, 2.45) is 0 Å². The molecule has 0 spiro atoms. The topological polar surface area (TPSA) is 105 Å². The van der Waals surface area contributed by atoms with Crippen LogP contribution in [0.1, 0.15) is 45.6 Å². The van der Waals surface area contributed by atoms with Crippen molar-refractivity contribution >= 4 is 29.5 Å². The van der Waals surface area contributed by atoms with Gasteiger partial charge in [0.2, 0.25) is 0 Å². The molecule has 0 aromatic heterocycles. The average Bonchev–Trinajstić information content (AvgIpc) is 2.85. The number of amides is 4. The maximum atomic E-state index is 12.5. The van der Waals surface area contributed by atoms with Gasteiger partial charge in [0.25, 0.3) is 11.8 Å². The van der Waals surface area contributed by atoms with Gasteiger partial charge < -0.3 is 15.4 Å². The summed E-state index contributed by atoms with van der Waals surface area (Å²) in [6.45, 7) is 6.46. The Balaban J connectivity index is 1.90. The zero-order chi connectivity index (χ0) is 20.9. The molecule has 4 amide bonds. The second kappa shape index (κ2) is 8.86. The Bertz CT molecular complexity index is 762. The number of unbranched alkanes of at least 4 members (excludes halogenated alkanes) is 1. The normalized spacial score (nSPS) is 19.9. The molecule has 2 N–H and O–H groups in total. The van der Waals surface area contributed by atoms with E-state index in [2.05, 4.69) is 10.6 Å². The minimum absolute atomic E-state index is 0.459. The van der Waals surface area contributed by atoms with Crippen LogP contribution in [-0.2, 0) is 19.1 Å². The highest BCUT2D eigenvalue weighted by molar-refractivity contribution is 6.08. The van der Waals surface area contributed by atoms with Crippen LogP contribution in [0.4, 0.5) is 10.5 Å². The maximum Gasteiger partial charge on any atom is 0.327 e. The van der Waals surface area contributed by atoms with Crippen LogP contribution in [0.25, 0.3) is 0 Å². The summed E-state index contributed by atoms with van der Waals surface area (Å²) in [4.78, 5) is 49.8. The molecular weight excluding hydrogens is 362 g/mol. The summed E-state index contributed by atoms with van der Waals surface area (Å²) in [5.41, 5.74) is 0.623. The SMILES string of the molecule is CCCC[C@]1(C)NC(=O)N(CC(=O)O[C@@H](C)C(=O)Nc2ccc(C)cc2)C1=O. The van der Waals surface area contributed by atoms with Gasteiger partial charge in [-0.05, 0) is 39.3 Å². The first-order valence-corrected chi connectivity index (χ1v) is 9.37. The molecule has 0 unspecified atom stereocenters. The number of carbonyl (C=O) groups is 4. The second-order valence-corrected chi connectivity index (χ2v) is 7.24. The van der Waals surface area contributed by atoms with Crippen LogP contribution in [0.5, 0.6) is 0 Å². The largest absolute Gasteiger partial charge is 0.451 e. The smallest absolute Gasteiger partial charge is 0.327 e. The quantitative estimate of drug-likeness (QED) is 0.525. The standard InChI is InChI=1S/C20H27N3O5/c1-5-6-11-20(4)18(26)23(19(27)22-20)12-16(24)28-14(3)17(25)21-15-9-7-13(2)8-10-15/h7-10,14H,5-6,11-12H2,1-4H3,(H,21,25)(H,22,27)/t14-,20-/m0/s1. The predicted molar refractivity (Wildman–Crippen MR) is 104 cm³/mol. The highest BCUT2D eigenvalue weighted by Crippen LogP contribution is 2.23. The Labute approximate surface area is 164 Å². The lowest BCUT2D eigenvalue weighted by Gasteiger charge is -2.21. The monoisotopic (exact) mass is 389 g/mol. The van der Waals surface area contributed by atoms with Crippen molar-refractivity contribution in [3.8, 4) is 0 Å². The molecular formula is C20H27N3O5. The van der Waals surface area contributed by atoms with Crippen LogP contribution in [0, 0.1) is 6.92 Å². The number of rotatable bonds is 8. The molecule has 28 heavy (non-hydrogen) atoms. The number of benzene rings is 1. The number of imide groups is 1. The lowest BCUT2D eigenvalue weighted by molar-refractivity contribution is -0.155. The van der Waals surface area contributed by atoms with E-state index in [0.717, 1.165) is 23.3 Å². The number of hydrogen-bond donors (Lipinski definition) is 2. The van der Waals surface area contributed by atoms with Gasteiger partial charge in [0, 0.05) is 5.69 Å². The number of anilines is 1. The first kappa shape index (κ1) is 21.4. The second-order valence-electron chi connectivity index (χ2n) is 7.24. The molecule has 1 aromatic carbocycles. The van der Waals surface area contributed by atoms with Crippen LogP contribution in [-0.4, -0.2) is 46.9 Å². The van der Waals surface area contributed by atoms with E-state index < -0.39 is 42.0 Å². The molecule has 0 radical (unpaired) electrons. The van der Waals surface area contributed by atoms with Gasteiger partial charge in [0.15, 0.2) is 6.10 Å². The van der Waals surface area contributed by atoms with Gasteiger partial charge in [-0.25, -0.2) is 4.79 Å². The van der Waals surface area contributed by atoms with Gasteiger partial charge in [-0.1, -0.05) is 37.5 Å². The molecule has 1 aliphatic rings. The van der Waals surface area contributed by atoms with Crippen molar-refractivity contribution in [2.45, 2.75) is 58.6 Å². The van der Waals surface area contributed by atoms with Crippen molar-refractivity contribution in [1.82, 2.24) is 10.2 Å². The van der Waals surface area contributed by atoms with Crippen LogP contribution < -0.4 is 10.6 Å². The number of aryl methyl sites for hydroxylation is 1. The van der Waals surface area contributed by atoms with E-state index in [1.807, 2.05) is 26.0 Å². The Hall–Kier alpha value is -2.90. The first-order valence-electron chi connectivity index (χ1n) is 9.37. The molecule has 8 heteroatoms. The molecule has 8 nitrogen and oxygen atoms in total. The lowest BCUT2D eigenvalue weighted by Crippen LogP contribution is -2.44. The molecule has 1 heterocycles. The zero-order valence-corrected chi connectivity index (χ0v) is 16.7. The number of carbonyl (C=O) groups excluding carboxylic acids is 4.